The van der Waals surface area contributed by atoms with Crippen molar-refractivity contribution in [2.24, 2.45) is 17.6 Å². The smallest absolute Gasteiger partial charge is 0.254 e. The monoisotopic (exact) mass is 706 g/mol. The number of nitrogens with one attached hydrogen (secondary N) is 1. The van der Waals surface area contributed by atoms with E-state index in [9.17, 15) is 22.8 Å². The lowest BCUT2D eigenvalue weighted by Crippen LogP contribution is -2.60. The van der Waals surface area contributed by atoms with Gasteiger partial charge < -0.3 is 19.9 Å². The third-order valence-electron chi connectivity index (χ3n) is 9.76. The fraction of sp³-hybridized carbons (Fsp3) is 0.457. The van der Waals surface area contributed by atoms with Gasteiger partial charge in [-0.2, -0.15) is 0 Å². The number of aromatic nitrogens is 2. The van der Waals surface area contributed by atoms with Gasteiger partial charge in [-0.25, -0.2) is 23.3 Å². The Bertz CT molecular complexity index is 1930. The standard InChI is InChI=1S/C35H42N6O8S/c1-6-22-18-35(22,34(44)39-50(45,46)26-8-9-26)40-19-25(49-31-27-10-7-23(47-4)15-21(27)11-13-38-31)16-28(40)32(42)41(33(43)30(36)20(2)3)29-17-24(48-5)12-14-37-29/h6-7,10-15,17,20,22,25-26,28,30H,1,8-9,16,18-19,36H2,2-5H3,(H,39,44)/t22-,25-,28+,30+,35-/m1/s1. The number of amides is 3. The summed E-state index contributed by atoms with van der Waals surface area (Å²) in [4.78, 5) is 54.3. The molecule has 2 saturated carbocycles. The second kappa shape index (κ2) is 13.6. The van der Waals surface area contributed by atoms with Crippen LogP contribution in [0.4, 0.5) is 5.82 Å². The van der Waals surface area contributed by atoms with Crippen molar-refractivity contribution in [3.05, 3.63) is 61.4 Å². The Balaban J connectivity index is 1.41. The number of nitrogens with zero attached hydrogens (tertiary/aromatic N) is 4. The average Bonchev–Trinajstić information content (AvgIpc) is 4.04. The van der Waals surface area contributed by atoms with Crippen LogP contribution >= 0.6 is 0 Å². The molecule has 50 heavy (non-hydrogen) atoms. The van der Waals surface area contributed by atoms with Crippen LogP contribution in [0.5, 0.6) is 17.4 Å². The summed E-state index contributed by atoms with van der Waals surface area (Å²) in [5.41, 5.74) is 4.89. The van der Waals surface area contributed by atoms with E-state index in [4.69, 9.17) is 19.9 Å². The number of ether oxygens (including phenoxy) is 3. The highest BCUT2D eigenvalue weighted by Crippen LogP contribution is 2.53. The van der Waals surface area contributed by atoms with Gasteiger partial charge in [-0.1, -0.05) is 19.9 Å². The molecular weight excluding hydrogens is 664 g/mol. The maximum atomic E-state index is 14.9. The molecule has 3 N–H and O–H groups in total. The molecule has 6 rings (SSSR count). The molecule has 1 saturated heterocycles. The largest absolute Gasteiger partial charge is 0.497 e. The Labute approximate surface area is 291 Å². The molecular formula is C35H42N6O8S. The number of methoxy groups -OCH3 is 2. The van der Waals surface area contributed by atoms with Crippen LogP contribution in [0.3, 0.4) is 0 Å². The van der Waals surface area contributed by atoms with Crippen molar-refractivity contribution < 1.29 is 37.0 Å². The van der Waals surface area contributed by atoms with Gasteiger partial charge in [0, 0.05) is 42.7 Å². The lowest BCUT2D eigenvalue weighted by atomic mass is 10.0. The zero-order valence-corrected chi connectivity index (χ0v) is 29.3. The maximum Gasteiger partial charge on any atom is 0.254 e. The molecule has 3 aromatic rings. The second-order valence-electron chi connectivity index (χ2n) is 13.3. The number of likely N-dealkylation sites (tertiary alicyclic amines) is 1. The molecule has 5 atom stereocenters. The number of nitrogens with two attached hydrogens (primary N) is 1. The molecule has 15 heteroatoms. The van der Waals surface area contributed by atoms with Crippen LogP contribution in [-0.2, 0) is 24.4 Å². The van der Waals surface area contributed by atoms with Crippen LogP contribution in [0, 0.1) is 11.8 Å². The quantitative estimate of drug-likeness (QED) is 0.248. The number of anilines is 1. The lowest BCUT2D eigenvalue weighted by molar-refractivity contribution is -0.133. The number of fused-ring (bicyclic) bond motifs is 1. The van der Waals surface area contributed by atoms with Gasteiger partial charge >= 0.3 is 0 Å². The fourth-order valence-corrected chi connectivity index (χ4v) is 7.95. The van der Waals surface area contributed by atoms with Gasteiger partial charge in [0.05, 0.1) is 31.6 Å². The van der Waals surface area contributed by atoms with Crippen molar-refractivity contribution in [2.75, 3.05) is 25.7 Å². The van der Waals surface area contributed by atoms with E-state index >= 15 is 0 Å². The Kier molecular flexibility index (Phi) is 9.59. The highest BCUT2D eigenvalue weighted by Gasteiger charge is 2.67. The number of carbonyl (C=O) groups is 3. The minimum Gasteiger partial charge on any atom is -0.497 e. The summed E-state index contributed by atoms with van der Waals surface area (Å²) in [6.07, 6.45) is 5.07. The Morgan fingerprint density at radius 2 is 1.78 bits per heavy atom. The van der Waals surface area contributed by atoms with Crippen LogP contribution in [-0.4, -0.2) is 90.7 Å². The van der Waals surface area contributed by atoms with Crippen molar-refractivity contribution in [3.63, 3.8) is 0 Å². The number of benzene rings is 1. The van der Waals surface area contributed by atoms with Gasteiger partial charge in [-0.15, -0.1) is 6.58 Å². The summed E-state index contributed by atoms with van der Waals surface area (Å²) in [5, 5.41) is 0.876. The van der Waals surface area contributed by atoms with E-state index in [0.29, 0.717) is 35.6 Å². The Hall–Kier alpha value is -4.60. The number of sulfonamides is 1. The molecule has 3 heterocycles. The summed E-state index contributed by atoms with van der Waals surface area (Å²) in [6, 6.07) is 8.11. The molecule has 3 aliphatic rings. The molecule has 3 fully saturated rings. The SMILES string of the molecule is C=C[C@@H]1C[C@@]1(C(=O)NS(=O)(=O)C1CC1)N1C[C@H](Oc2nccc3cc(OC)ccc23)C[C@H]1C(=O)N(C(=O)[C@@H](N)C(C)C)c1cc(OC)ccn1. The molecule has 266 valence electrons. The minimum absolute atomic E-state index is 0.00434. The third-order valence-corrected chi connectivity index (χ3v) is 11.6. The fourth-order valence-electron chi connectivity index (χ4n) is 6.59. The molecule has 14 nitrogen and oxygen atoms in total. The minimum atomic E-state index is -3.92. The first-order valence-corrected chi connectivity index (χ1v) is 18.1. The molecule has 1 aliphatic heterocycles. The number of imide groups is 1. The van der Waals surface area contributed by atoms with E-state index in [1.54, 1.807) is 50.3 Å². The molecule has 0 unspecified atom stereocenters. The van der Waals surface area contributed by atoms with Crippen LogP contribution in [0.25, 0.3) is 10.8 Å². The summed E-state index contributed by atoms with van der Waals surface area (Å²) < 4.78 is 45.5. The molecule has 2 aliphatic carbocycles. The topological polar surface area (TPSA) is 183 Å². The Morgan fingerprint density at radius 3 is 2.42 bits per heavy atom. The lowest BCUT2D eigenvalue weighted by Gasteiger charge is -2.35. The van der Waals surface area contributed by atoms with Gasteiger partial charge in [0.2, 0.25) is 15.9 Å². The van der Waals surface area contributed by atoms with E-state index < -0.39 is 62.6 Å². The normalized spacial score (nSPS) is 24.0. The van der Waals surface area contributed by atoms with E-state index in [-0.39, 0.29) is 31.1 Å². The zero-order valence-electron chi connectivity index (χ0n) is 28.4. The molecule has 1 aromatic carbocycles. The number of pyridine rings is 2. The summed E-state index contributed by atoms with van der Waals surface area (Å²) in [5.74, 6) is -1.63. The van der Waals surface area contributed by atoms with E-state index in [1.165, 1.54) is 19.4 Å². The average molecular weight is 707 g/mol. The van der Waals surface area contributed by atoms with Crippen molar-refractivity contribution in [2.45, 2.75) is 68.5 Å². The van der Waals surface area contributed by atoms with Crippen LogP contribution in [0.15, 0.2) is 61.4 Å². The maximum absolute atomic E-state index is 14.9. The number of hydrogen-bond donors (Lipinski definition) is 2. The highest BCUT2D eigenvalue weighted by atomic mass is 32.2. The van der Waals surface area contributed by atoms with Crippen molar-refractivity contribution >= 4 is 44.3 Å². The van der Waals surface area contributed by atoms with Gasteiger partial charge in [0.25, 0.3) is 17.7 Å². The summed E-state index contributed by atoms with van der Waals surface area (Å²) in [7, 11) is -0.901. The van der Waals surface area contributed by atoms with Gasteiger partial charge in [0.1, 0.15) is 29.0 Å². The highest BCUT2D eigenvalue weighted by molar-refractivity contribution is 7.91. The molecule has 2 aromatic heterocycles. The van der Waals surface area contributed by atoms with E-state index in [1.807, 2.05) is 18.2 Å². The van der Waals surface area contributed by atoms with Gasteiger partial charge in [-0.3, -0.25) is 24.0 Å². The summed E-state index contributed by atoms with van der Waals surface area (Å²) >= 11 is 0. The van der Waals surface area contributed by atoms with Crippen molar-refractivity contribution in [1.82, 2.24) is 19.6 Å². The van der Waals surface area contributed by atoms with Crippen LogP contribution in [0.1, 0.15) is 39.5 Å². The van der Waals surface area contributed by atoms with Crippen LogP contribution in [0.2, 0.25) is 0 Å². The second-order valence-corrected chi connectivity index (χ2v) is 15.3. The molecule has 0 bridgehead atoms. The first kappa shape index (κ1) is 35.2. The van der Waals surface area contributed by atoms with E-state index in [0.717, 1.165) is 10.3 Å². The molecule has 3 amide bonds. The summed E-state index contributed by atoms with van der Waals surface area (Å²) in [6.45, 7) is 7.46. The van der Waals surface area contributed by atoms with Crippen molar-refractivity contribution in [3.8, 4) is 17.4 Å². The number of carbonyl (C=O) groups excluding carboxylic acids is 3. The predicted molar refractivity (Wildman–Crippen MR) is 185 cm³/mol. The predicted octanol–water partition coefficient (Wildman–Crippen LogP) is 2.56. The van der Waals surface area contributed by atoms with E-state index in [2.05, 4.69) is 21.3 Å². The number of hydrogen-bond acceptors (Lipinski definition) is 12. The Morgan fingerprint density at radius 1 is 1.08 bits per heavy atom. The van der Waals surface area contributed by atoms with Crippen LogP contribution < -0.4 is 29.6 Å². The first-order valence-electron chi connectivity index (χ1n) is 16.5. The third kappa shape index (κ3) is 6.52. The zero-order chi connectivity index (χ0) is 36.0. The van der Waals surface area contributed by atoms with Crippen molar-refractivity contribution in [1.29, 1.82) is 0 Å². The molecule has 0 radical (unpaired) electrons. The molecule has 0 spiro atoms. The van der Waals surface area contributed by atoms with Gasteiger partial charge in [0.15, 0.2) is 0 Å². The number of rotatable bonds is 13. The van der Waals surface area contributed by atoms with Gasteiger partial charge in [-0.05, 0) is 60.9 Å². The first-order chi connectivity index (χ1) is 23.8.